The molecule has 0 spiro atoms. The maximum atomic E-state index is 13.4. The minimum atomic E-state index is -4.70. The van der Waals surface area contributed by atoms with Crippen molar-refractivity contribution in [3.63, 3.8) is 0 Å². The third kappa shape index (κ3) is 5.60. The van der Waals surface area contributed by atoms with Gasteiger partial charge in [0.05, 0.1) is 28.9 Å². The van der Waals surface area contributed by atoms with Crippen molar-refractivity contribution in [2.24, 2.45) is 0 Å². The summed E-state index contributed by atoms with van der Waals surface area (Å²) in [4.78, 5) is 21.1. The lowest BCUT2D eigenvalue weighted by molar-refractivity contribution is -0.137. The monoisotopic (exact) mass is 455 g/mol. The number of aliphatic hydroxyl groups is 1. The Labute approximate surface area is 187 Å². The van der Waals surface area contributed by atoms with Gasteiger partial charge in [0, 0.05) is 23.7 Å². The van der Waals surface area contributed by atoms with Crippen LogP contribution >= 0.6 is 0 Å². The van der Waals surface area contributed by atoms with E-state index in [4.69, 9.17) is 5.41 Å². The van der Waals surface area contributed by atoms with Gasteiger partial charge in [0.2, 0.25) is 0 Å². The molecule has 1 aromatic heterocycles. The predicted molar refractivity (Wildman–Crippen MR) is 118 cm³/mol. The molecule has 2 aromatic carbocycles. The minimum Gasteiger partial charge on any atom is -0.394 e. The van der Waals surface area contributed by atoms with Crippen molar-refractivity contribution in [2.45, 2.75) is 12.8 Å². The van der Waals surface area contributed by atoms with Crippen molar-refractivity contribution in [1.29, 1.82) is 5.41 Å². The van der Waals surface area contributed by atoms with Crippen LogP contribution in [0.5, 0.6) is 0 Å². The van der Waals surface area contributed by atoms with Crippen LogP contribution in [0.25, 0.3) is 11.3 Å². The number of nitrogens with one attached hydrogen (secondary N) is 3. The summed E-state index contributed by atoms with van der Waals surface area (Å²) in [6, 6.07) is 11.7. The minimum absolute atomic E-state index is 0.0779. The lowest BCUT2D eigenvalue weighted by Gasteiger charge is -2.15. The SMILES string of the molecule is CN/C=C\C(=N)c1cc(C(=O)Nc2cnc(CO)nc2-c2ccccc2)ccc1C(F)(F)F. The summed E-state index contributed by atoms with van der Waals surface area (Å²) in [5, 5.41) is 22.6. The molecule has 0 radical (unpaired) electrons. The Bertz CT molecular complexity index is 1190. The number of rotatable bonds is 7. The Morgan fingerprint density at radius 2 is 1.91 bits per heavy atom. The van der Waals surface area contributed by atoms with Gasteiger partial charge < -0.3 is 21.1 Å². The topological polar surface area (TPSA) is 111 Å². The van der Waals surface area contributed by atoms with Gasteiger partial charge in [-0.25, -0.2) is 9.97 Å². The van der Waals surface area contributed by atoms with Gasteiger partial charge in [-0.3, -0.25) is 4.79 Å². The summed E-state index contributed by atoms with van der Waals surface area (Å²) >= 11 is 0. The number of hydrogen-bond acceptors (Lipinski definition) is 6. The van der Waals surface area contributed by atoms with Crippen molar-refractivity contribution in [2.75, 3.05) is 12.4 Å². The highest BCUT2D eigenvalue weighted by Crippen LogP contribution is 2.33. The van der Waals surface area contributed by atoms with E-state index in [9.17, 15) is 23.1 Å². The summed E-state index contributed by atoms with van der Waals surface area (Å²) < 4.78 is 40.3. The first-order valence-corrected chi connectivity index (χ1v) is 9.72. The molecule has 3 aromatic rings. The summed E-state index contributed by atoms with van der Waals surface area (Å²) in [6.07, 6.45) is -0.886. The van der Waals surface area contributed by atoms with Gasteiger partial charge in [0.25, 0.3) is 5.91 Å². The second kappa shape index (κ2) is 10.0. The number of hydrogen-bond donors (Lipinski definition) is 4. The summed E-state index contributed by atoms with van der Waals surface area (Å²) in [5.74, 6) is -0.554. The maximum Gasteiger partial charge on any atom is 0.417 e. The van der Waals surface area contributed by atoms with Crippen molar-refractivity contribution in [3.05, 3.63) is 89.5 Å². The number of aromatic nitrogens is 2. The molecule has 0 saturated heterocycles. The molecular formula is C23H20F3N5O2. The van der Waals surface area contributed by atoms with E-state index >= 15 is 0 Å². The van der Waals surface area contributed by atoms with E-state index in [-0.39, 0.29) is 17.1 Å². The van der Waals surface area contributed by atoms with Gasteiger partial charge in [-0.05, 0) is 30.5 Å². The third-order valence-electron chi connectivity index (χ3n) is 4.57. The van der Waals surface area contributed by atoms with E-state index in [2.05, 4.69) is 20.6 Å². The Morgan fingerprint density at radius 1 is 1.18 bits per heavy atom. The number of aliphatic hydroxyl groups excluding tert-OH is 1. The standard InChI is InChI=1S/C23H20F3N5O2/c1-28-10-9-18(27)16-11-15(7-8-17(16)23(24,25)26)22(33)30-19-12-29-20(13-32)31-21(19)14-5-3-2-4-6-14/h2-12,27-28,32H,13H2,1H3,(H,30,33)/b10-9-,27-18?. The molecule has 1 heterocycles. The zero-order valence-corrected chi connectivity index (χ0v) is 17.4. The van der Waals surface area contributed by atoms with Crippen LogP contribution in [0.2, 0.25) is 0 Å². The average molecular weight is 455 g/mol. The first kappa shape index (κ1) is 23.6. The van der Waals surface area contributed by atoms with Crippen LogP contribution in [0.15, 0.2) is 67.0 Å². The van der Waals surface area contributed by atoms with E-state index < -0.39 is 35.5 Å². The summed E-state index contributed by atoms with van der Waals surface area (Å²) in [6.45, 7) is -0.404. The zero-order valence-electron chi connectivity index (χ0n) is 17.4. The van der Waals surface area contributed by atoms with Gasteiger partial charge in [-0.1, -0.05) is 30.3 Å². The van der Waals surface area contributed by atoms with Crippen LogP contribution in [0, 0.1) is 5.41 Å². The summed E-state index contributed by atoms with van der Waals surface area (Å²) in [7, 11) is 1.55. The number of allylic oxidation sites excluding steroid dienone is 1. The van der Waals surface area contributed by atoms with Gasteiger partial charge in [0.15, 0.2) is 5.82 Å². The Morgan fingerprint density at radius 3 is 2.55 bits per heavy atom. The molecule has 0 atom stereocenters. The quantitative estimate of drug-likeness (QED) is 0.403. The van der Waals surface area contributed by atoms with Gasteiger partial charge in [-0.15, -0.1) is 0 Å². The Kier molecular flexibility index (Phi) is 7.19. The van der Waals surface area contributed by atoms with Gasteiger partial charge in [0.1, 0.15) is 6.61 Å². The second-order valence-electron chi connectivity index (χ2n) is 6.82. The molecule has 0 aliphatic heterocycles. The van der Waals surface area contributed by atoms with Crippen LogP contribution in [0.1, 0.15) is 27.3 Å². The average Bonchev–Trinajstić information content (AvgIpc) is 2.82. The van der Waals surface area contributed by atoms with Crippen LogP contribution in [0.4, 0.5) is 18.9 Å². The highest BCUT2D eigenvalue weighted by molar-refractivity contribution is 6.11. The van der Waals surface area contributed by atoms with Crippen LogP contribution in [-0.4, -0.2) is 33.7 Å². The van der Waals surface area contributed by atoms with Crippen LogP contribution in [0.3, 0.4) is 0 Å². The van der Waals surface area contributed by atoms with Crippen molar-refractivity contribution >= 4 is 17.3 Å². The fourth-order valence-corrected chi connectivity index (χ4v) is 3.01. The number of benzene rings is 2. The molecule has 7 nitrogen and oxygen atoms in total. The zero-order chi connectivity index (χ0) is 24.0. The van der Waals surface area contributed by atoms with Crippen molar-refractivity contribution in [1.82, 2.24) is 15.3 Å². The highest BCUT2D eigenvalue weighted by Gasteiger charge is 2.34. The molecule has 0 aliphatic carbocycles. The van der Waals surface area contributed by atoms with E-state index in [1.807, 2.05) is 0 Å². The maximum absolute atomic E-state index is 13.4. The number of amides is 1. The van der Waals surface area contributed by atoms with E-state index in [1.165, 1.54) is 18.5 Å². The molecule has 170 valence electrons. The third-order valence-corrected chi connectivity index (χ3v) is 4.57. The van der Waals surface area contributed by atoms with Gasteiger partial charge >= 0.3 is 6.18 Å². The lowest BCUT2D eigenvalue weighted by atomic mass is 9.98. The van der Waals surface area contributed by atoms with Crippen molar-refractivity contribution < 1.29 is 23.1 Å². The molecule has 0 aliphatic rings. The van der Waals surface area contributed by atoms with E-state index in [0.717, 1.165) is 18.2 Å². The molecule has 1 amide bonds. The molecule has 33 heavy (non-hydrogen) atoms. The first-order valence-electron chi connectivity index (χ1n) is 9.72. The number of halogens is 3. The molecule has 4 N–H and O–H groups in total. The molecule has 0 fully saturated rings. The first-order chi connectivity index (χ1) is 15.7. The molecule has 10 heteroatoms. The number of carbonyl (C=O) groups is 1. The lowest BCUT2D eigenvalue weighted by Crippen LogP contribution is -2.17. The fourth-order valence-electron chi connectivity index (χ4n) is 3.01. The molecule has 0 bridgehead atoms. The smallest absolute Gasteiger partial charge is 0.394 e. The van der Waals surface area contributed by atoms with Gasteiger partial charge in [-0.2, -0.15) is 13.2 Å². The predicted octanol–water partition coefficient (Wildman–Crippen LogP) is 4.01. The summed E-state index contributed by atoms with van der Waals surface area (Å²) in [5.41, 5.74) is -0.730. The van der Waals surface area contributed by atoms with Crippen LogP contribution < -0.4 is 10.6 Å². The van der Waals surface area contributed by atoms with E-state index in [1.54, 1.807) is 37.4 Å². The number of alkyl halides is 3. The second-order valence-corrected chi connectivity index (χ2v) is 6.82. The molecular weight excluding hydrogens is 435 g/mol. The normalized spacial score (nSPS) is 11.4. The molecule has 3 rings (SSSR count). The Balaban J connectivity index is 2.00. The Hall–Kier alpha value is -4.05. The molecule has 0 unspecified atom stereocenters. The fraction of sp³-hybridized carbons (Fsp3) is 0.130. The highest BCUT2D eigenvalue weighted by atomic mass is 19.4. The number of nitrogens with zero attached hydrogens (tertiary/aromatic N) is 2. The van der Waals surface area contributed by atoms with E-state index in [0.29, 0.717) is 11.3 Å². The van der Waals surface area contributed by atoms with Crippen LogP contribution in [-0.2, 0) is 12.8 Å². The number of anilines is 1. The largest absolute Gasteiger partial charge is 0.417 e. The molecule has 0 saturated carbocycles. The number of carbonyl (C=O) groups excluding carboxylic acids is 1. The van der Waals surface area contributed by atoms with Crippen molar-refractivity contribution in [3.8, 4) is 11.3 Å².